The number of aryl methyl sites for hydroxylation is 1. The van der Waals surface area contributed by atoms with Gasteiger partial charge in [-0.15, -0.1) is 5.10 Å². The second kappa shape index (κ2) is 11.5. The van der Waals surface area contributed by atoms with Crippen LogP contribution in [0.4, 0.5) is 11.4 Å². The van der Waals surface area contributed by atoms with Crippen molar-refractivity contribution in [2.75, 3.05) is 23.5 Å². The van der Waals surface area contributed by atoms with E-state index in [2.05, 4.69) is 10.3 Å². The minimum Gasteiger partial charge on any atom is -0.441 e. The quantitative estimate of drug-likeness (QED) is 0.206. The Bertz CT molecular complexity index is 1630. The number of esters is 1. The molecule has 3 aliphatic rings. The Balaban J connectivity index is 1.29. The number of carbonyl (C=O) groups excluding carboxylic acids is 3. The Morgan fingerprint density at radius 3 is 2.58 bits per heavy atom. The van der Waals surface area contributed by atoms with E-state index in [-0.39, 0.29) is 42.2 Å². The highest BCUT2D eigenvalue weighted by atomic mass is 28.4. The van der Waals surface area contributed by atoms with Crippen molar-refractivity contribution in [1.82, 2.24) is 15.0 Å². The van der Waals surface area contributed by atoms with Gasteiger partial charge in [0.15, 0.2) is 20.1 Å². The summed E-state index contributed by atoms with van der Waals surface area (Å²) in [5.74, 6) is -1.57. The molecule has 0 saturated carbocycles. The zero-order valence-corrected chi connectivity index (χ0v) is 27.1. The lowest BCUT2D eigenvalue weighted by Gasteiger charge is -2.39. The lowest BCUT2D eigenvalue weighted by molar-refractivity contribution is -0.153. The molecular formula is C32H39N5O7Si. The molecule has 0 bridgehead atoms. The van der Waals surface area contributed by atoms with Gasteiger partial charge in [0.05, 0.1) is 36.4 Å². The van der Waals surface area contributed by atoms with Crippen molar-refractivity contribution in [3.05, 3.63) is 71.5 Å². The monoisotopic (exact) mass is 633 g/mol. The van der Waals surface area contributed by atoms with Crippen molar-refractivity contribution in [2.24, 2.45) is 5.92 Å². The summed E-state index contributed by atoms with van der Waals surface area (Å²) >= 11 is 0. The smallest absolute Gasteiger partial charge is 0.304 e. The fourth-order valence-corrected chi connectivity index (χ4v) is 10.1. The average Bonchev–Trinajstić information content (AvgIpc) is 3.63. The molecule has 2 amide bonds. The third-order valence-corrected chi connectivity index (χ3v) is 12.0. The maximum absolute atomic E-state index is 14.1. The highest BCUT2D eigenvalue weighted by Crippen LogP contribution is 2.60. The number of benzene rings is 2. The van der Waals surface area contributed by atoms with Gasteiger partial charge in [-0.25, -0.2) is 0 Å². The number of aromatic nitrogens is 3. The summed E-state index contributed by atoms with van der Waals surface area (Å²) < 4.78 is 13.9. The van der Waals surface area contributed by atoms with Gasteiger partial charge in [0.25, 0.3) is 5.91 Å². The van der Waals surface area contributed by atoms with Gasteiger partial charge >= 0.3 is 5.97 Å². The zero-order valence-electron chi connectivity index (χ0n) is 26.1. The number of hydrogen-bond donors (Lipinski definition) is 2. The van der Waals surface area contributed by atoms with E-state index in [0.717, 1.165) is 5.56 Å². The Kier molecular flexibility index (Phi) is 7.92. The van der Waals surface area contributed by atoms with Crippen LogP contribution in [0.15, 0.2) is 54.7 Å². The summed E-state index contributed by atoms with van der Waals surface area (Å²) in [6.07, 6.45) is 1.21. The second-order valence-corrected chi connectivity index (χ2v) is 16.8. The van der Waals surface area contributed by atoms with Crippen molar-refractivity contribution < 1.29 is 33.8 Å². The normalized spacial score (nSPS) is 26.7. The molecule has 238 valence electrons. The van der Waals surface area contributed by atoms with Gasteiger partial charge < -0.3 is 24.3 Å². The summed E-state index contributed by atoms with van der Waals surface area (Å²) in [6, 6.07) is 15.0. The van der Waals surface area contributed by atoms with Gasteiger partial charge in [-0.1, -0.05) is 42.5 Å². The van der Waals surface area contributed by atoms with Crippen molar-refractivity contribution in [1.29, 1.82) is 0 Å². The van der Waals surface area contributed by atoms with Crippen LogP contribution in [0.25, 0.3) is 0 Å². The van der Waals surface area contributed by atoms with Gasteiger partial charge in [0, 0.05) is 49.4 Å². The molecule has 1 aromatic heterocycles. The van der Waals surface area contributed by atoms with E-state index in [1.54, 1.807) is 34.8 Å². The van der Waals surface area contributed by atoms with Crippen LogP contribution < -0.4 is 9.80 Å². The van der Waals surface area contributed by atoms with Crippen LogP contribution in [-0.2, 0) is 36.0 Å². The first-order valence-corrected chi connectivity index (χ1v) is 18.3. The molecular weight excluding hydrogens is 594 g/mol. The van der Waals surface area contributed by atoms with Crippen molar-refractivity contribution in [3.63, 3.8) is 0 Å². The van der Waals surface area contributed by atoms with E-state index in [0.29, 0.717) is 35.6 Å². The lowest BCUT2D eigenvalue weighted by Crippen LogP contribution is -2.55. The maximum Gasteiger partial charge on any atom is 0.304 e. The number of likely N-dealkylation sites (N-methyl/N-ethyl adjacent to an activating group) is 1. The van der Waals surface area contributed by atoms with Crippen LogP contribution in [0.3, 0.4) is 0 Å². The first-order chi connectivity index (χ1) is 21.4. The van der Waals surface area contributed by atoms with Crippen LogP contribution in [-0.4, -0.2) is 77.0 Å². The molecule has 2 N–H and O–H groups in total. The SMILES string of the molecule is CC(=O)OC1CC(=O)N1c1ccc2c(c1)[C@@]1(O[C@H](CCn3cc(C(CO)c4ccccc4)nn3)[C@@H]([Si](C)(C)O)[C@@H]1C)C(=O)N2C. The van der Waals surface area contributed by atoms with Crippen molar-refractivity contribution in [3.8, 4) is 0 Å². The van der Waals surface area contributed by atoms with Crippen LogP contribution in [0.2, 0.25) is 18.6 Å². The van der Waals surface area contributed by atoms with E-state index < -0.39 is 32.2 Å². The second-order valence-electron chi connectivity index (χ2n) is 12.8. The number of carbonyl (C=O) groups is 3. The highest BCUT2D eigenvalue weighted by Gasteiger charge is 2.65. The molecule has 6 rings (SSSR count). The molecule has 12 nitrogen and oxygen atoms in total. The molecule has 45 heavy (non-hydrogen) atoms. The van der Waals surface area contributed by atoms with Crippen LogP contribution in [0.1, 0.15) is 49.4 Å². The number of rotatable bonds is 9. The molecule has 0 aliphatic carbocycles. The number of amides is 2. The number of fused-ring (bicyclic) bond motifs is 2. The summed E-state index contributed by atoms with van der Waals surface area (Å²) in [5, 5.41) is 18.7. The molecule has 0 radical (unpaired) electrons. The highest BCUT2D eigenvalue weighted by molar-refractivity contribution is 6.71. The zero-order chi connectivity index (χ0) is 32.3. The Morgan fingerprint density at radius 2 is 1.93 bits per heavy atom. The molecule has 4 heterocycles. The largest absolute Gasteiger partial charge is 0.441 e. The number of ether oxygens (including phenoxy) is 2. The minimum atomic E-state index is -2.89. The molecule has 2 saturated heterocycles. The average molecular weight is 634 g/mol. The van der Waals surface area contributed by atoms with Gasteiger partial charge in [-0.3, -0.25) is 24.0 Å². The van der Waals surface area contributed by atoms with Crippen molar-refractivity contribution >= 4 is 37.5 Å². The summed E-state index contributed by atoms with van der Waals surface area (Å²) in [6.45, 7) is 7.31. The van der Waals surface area contributed by atoms with Gasteiger partial charge in [0.2, 0.25) is 5.91 Å². The molecule has 3 aromatic rings. The first kappa shape index (κ1) is 31.1. The van der Waals surface area contributed by atoms with Gasteiger partial charge in [-0.05, 0) is 43.3 Å². The number of β-lactam (4-membered cyclic amide) rings is 1. The molecule has 2 aromatic carbocycles. The third-order valence-electron chi connectivity index (χ3n) is 9.52. The molecule has 6 atom stereocenters. The Hall–Kier alpha value is -3.91. The standard InChI is InChI=1S/C32H39N5O7Si/c1-19-30(45(4,5)42)27(13-14-36-17-25(33-34-36)23(18-38)21-9-7-6-8-10-21)44-32(19)24-15-22(11-12-26(24)35(3)31(32)41)37-28(40)16-29(37)43-20(2)39/h6-12,15,17,19,23,27,29-30,38,42H,13-14,16,18H2,1-5H3/t19-,23?,27+,29?,30-,32+/m0/s1. The Morgan fingerprint density at radius 1 is 1.20 bits per heavy atom. The first-order valence-electron chi connectivity index (χ1n) is 15.2. The Labute approximate surface area is 262 Å². The predicted octanol–water partition coefficient (Wildman–Crippen LogP) is 2.89. The van der Waals surface area contributed by atoms with Crippen molar-refractivity contribution in [2.45, 2.75) is 75.7 Å². The number of aliphatic hydroxyl groups is 1. The fraction of sp³-hybridized carbons (Fsp3) is 0.469. The molecule has 1 spiro atoms. The lowest BCUT2D eigenvalue weighted by atomic mass is 9.82. The van der Waals surface area contributed by atoms with E-state index >= 15 is 0 Å². The third kappa shape index (κ3) is 5.17. The summed E-state index contributed by atoms with van der Waals surface area (Å²) in [5.41, 5.74) is 1.75. The molecule has 3 aliphatic heterocycles. The number of nitrogens with zero attached hydrogens (tertiary/aromatic N) is 5. The fourth-order valence-electron chi connectivity index (χ4n) is 7.47. The molecule has 13 heteroatoms. The number of hydrogen-bond acceptors (Lipinski definition) is 9. The van der Waals surface area contributed by atoms with Gasteiger partial charge in [-0.2, -0.15) is 0 Å². The predicted molar refractivity (Wildman–Crippen MR) is 167 cm³/mol. The van der Waals surface area contributed by atoms with E-state index in [9.17, 15) is 24.3 Å². The molecule has 2 unspecified atom stereocenters. The van der Waals surface area contributed by atoms with E-state index in [4.69, 9.17) is 9.47 Å². The minimum absolute atomic E-state index is 0.0936. The number of anilines is 2. The summed E-state index contributed by atoms with van der Waals surface area (Å²) in [7, 11) is -1.18. The molecule has 2 fully saturated rings. The maximum atomic E-state index is 14.1. The summed E-state index contributed by atoms with van der Waals surface area (Å²) in [4.78, 5) is 52.9. The van der Waals surface area contributed by atoms with Crippen LogP contribution in [0.5, 0.6) is 0 Å². The number of aliphatic hydroxyl groups excluding tert-OH is 1. The van der Waals surface area contributed by atoms with Gasteiger partial charge in [0.1, 0.15) is 0 Å². The van der Waals surface area contributed by atoms with E-state index in [1.165, 1.54) is 11.8 Å². The van der Waals surface area contributed by atoms with E-state index in [1.807, 2.05) is 56.5 Å². The van der Waals surface area contributed by atoms with Crippen LogP contribution in [0, 0.1) is 5.92 Å². The topological polar surface area (TPSA) is 147 Å². The van der Waals surface area contributed by atoms with Crippen LogP contribution >= 0.6 is 0 Å².